The summed E-state index contributed by atoms with van der Waals surface area (Å²) in [6, 6.07) is 0.523. The molecule has 0 amide bonds. The predicted molar refractivity (Wildman–Crippen MR) is 53.8 cm³/mol. The highest BCUT2D eigenvalue weighted by atomic mass is 15.6. The number of nitrogens with zero attached hydrogens (tertiary/aromatic N) is 4. The van der Waals surface area contributed by atoms with Gasteiger partial charge in [0.05, 0.1) is 0 Å². The van der Waals surface area contributed by atoms with Gasteiger partial charge in [-0.25, -0.2) is 4.68 Å². The maximum absolute atomic E-state index is 3.93. The quantitative estimate of drug-likeness (QED) is 0.766. The van der Waals surface area contributed by atoms with Crippen LogP contribution in [0, 0.1) is 11.8 Å². The zero-order chi connectivity index (χ0) is 10.1. The van der Waals surface area contributed by atoms with Crippen LogP contribution in [0.1, 0.15) is 26.7 Å². The van der Waals surface area contributed by atoms with E-state index in [1.165, 1.54) is 12.8 Å². The van der Waals surface area contributed by atoms with Gasteiger partial charge in [0.2, 0.25) is 5.95 Å². The fourth-order valence-electron chi connectivity index (χ4n) is 2.09. The van der Waals surface area contributed by atoms with Crippen molar-refractivity contribution in [1.29, 1.82) is 0 Å². The van der Waals surface area contributed by atoms with E-state index in [1.807, 2.05) is 7.05 Å². The summed E-state index contributed by atoms with van der Waals surface area (Å²) in [5.74, 6) is 2.27. The standard InChI is InChI=1S/C9H17N5/c1-6-4-5-8(7(6)2)10-9-11-12-13-14(9)3/h6-8H,4-5H2,1-3H3,(H,10,11,13). The van der Waals surface area contributed by atoms with Gasteiger partial charge in [0, 0.05) is 13.1 Å². The van der Waals surface area contributed by atoms with Crippen molar-refractivity contribution in [2.75, 3.05) is 5.32 Å². The van der Waals surface area contributed by atoms with Gasteiger partial charge in [-0.05, 0) is 35.1 Å². The number of anilines is 1. The second-order valence-electron chi connectivity index (χ2n) is 4.29. The topological polar surface area (TPSA) is 55.6 Å². The van der Waals surface area contributed by atoms with Crippen molar-refractivity contribution in [3.8, 4) is 0 Å². The third kappa shape index (κ3) is 1.58. The first-order valence-corrected chi connectivity index (χ1v) is 5.17. The highest BCUT2D eigenvalue weighted by Gasteiger charge is 2.30. The smallest absolute Gasteiger partial charge is 0.242 e. The molecule has 78 valence electrons. The molecule has 1 fully saturated rings. The van der Waals surface area contributed by atoms with E-state index >= 15 is 0 Å². The van der Waals surface area contributed by atoms with E-state index in [0.717, 1.165) is 11.9 Å². The molecule has 1 aromatic heterocycles. The van der Waals surface area contributed by atoms with E-state index in [1.54, 1.807) is 4.68 Å². The molecule has 0 bridgehead atoms. The van der Waals surface area contributed by atoms with E-state index in [2.05, 4.69) is 34.7 Å². The third-order valence-corrected chi connectivity index (χ3v) is 3.40. The fourth-order valence-corrected chi connectivity index (χ4v) is 2.09. The van der Waals surface area contributed by atoms with Gasteiger partial charge >= 0.3 is 0 Å². The minimum Gasteiger partial charge on any atom is -0.350 e. The van der Waals surface area contributed by atoms with Gasteiger partial charge in [0.1, 0.15) is 0 Å². The molecule has 1 N–H and O–H groups in total. The van der Waals surface area contributed by atoms with Gasteiger partial charge in [0.25, 0.3) is 0 Å². The Morgan fingerprint density at radius 2 is 2.14 bits per heavy atom. The molecule has 1 saturated carbocycles. The molecule has 0 spiro atoms. The SMILES string of the molecule is CC1CCC(Nc2nnnn2C)C1C. The number of hydrogen-bond donors (Lipinski definition) is 1. The molecule has 14 heavy (non-hydrogen) atoms. The summed E-state index contributed by atoms with van der Waals surface area (Å²) >= 11 is 0. The van der Waals surface area contributed by atoms with Gasteiger partial charge in [-0.15, -0.1) is 0 Å². The Kier molecular flexibility index (Phi) is 2.39. The Bertz CT molecular complexity index is 308. The van der Waals surface area contributed by atoms with Crippen LogP contribution in [0.2, 0.25) is 0 Å². The lowest BCUT2D eigenvalue weighted by molar-refractivity contribution is 0.433. The number of aromatic nitrogens is 4. The second-order valence-corrected chi connectivity index (χ2v) is 4.29. The second kappa shape index (κ2) is 3.55. The molecule has 3 atom stereocenters. The fraction of sp³-hybridized carbons (Fsp3) is 0.889. The summed E-state index contributed by atoms with van der Waals surface area (Å²) < 4.78 is 1.68. The Balaban J connectivity index is 2.02. The van der Waals surface area contributed by atoms with E-state index in [9.17, 15) is 0 Å². The molecule has 1 aliphatic carbocycles. The van der Waals surface area contributed by atoms with Gasteiger partial charge < -0.3 is 5.32 Å². The number of rotatable bonds is 2. The summed E-state index contributed by atoms with van der Waals surface area (Å²) in [5.41, 5.74) is 0. The zero-order valence-electron chi connectivity index (χ0n) is 8.94. The maximum Gasteiger partial charge on any atom is 0.242 e. The lowest BCUT2D eigenvalue weighted by Crippen LogP contribution is -2.25. The summed E-state index contributed by atoms with van der Waals surface area (Å²) in [6.07, 6.45) is 2.51. The normalized spacial score (nSPS) is 32.1. The highest BCUT2D eigenvalue weighted by molar-refractivity contribution is 5.24. The zero-order valence-corrected chi connectivity index (χ0v) is 8.94. The van der Waals surface area contributed by atoms with Crippen molar-refractivity contribution in [3.63, 3.8) is 0 Å². The molecule has 1 heterocycles. The predicted octanol–water partition coefficient (Wildman–Crippen LogP) is 1.06. The van der Waals surface area contributed by atoms with Crippen molar-refractivity contribution in [2.45, 2.75) is 32.7 Å². The minimum atomic E-state index is 0.523. The molecular weight excluding hydrogens is 178 g/mol. The van der Waals surface area contributed by atoms with Crippen molar-refractivity contribution in [1.82, 2.24) is 20.2 Å². The Hall–Kier alpha value is -1.13. The van der Waals surface area contributed by atoms with Gasteiger partial charge in [-0.2, -0.15) is 0 Å². The van der Waals surface area contributed by atoms with Crippen LogP contribution >= 0.6 is 0 Å². The molecule has 5 nitrogen and oxygen atoms in total. The molecular formula is C9H17N5. The van der Waals surface area contributed by atoms with Crippen LogP contribution in [0.5, 0.6) is 0 Å². The highest BCUT2D eigenvalue weighted by Crippen LogP contribution is 2.32. The first-order valence-electron chi connectivity index (χ1n) is 5.17. The first-order chi connectivity index (χ1) is 6.68. The van der Waals surface area contributed by atoms with Crippen LogP contribution in [0.3, 0.4) is 0 Å². The number of aryl methyl sites for hydroxylation is 1. The summed E-state index contributed by atoms with van der Waals surface area (Å²) in [5, 5.41) is 14.7. The molecule has 1 aromatic rings. The summed E-state index contributed by atoms with van der Waals surface area (Å²) in [6.45, 7) is 4.60. The Morgan fingerprint density at radius 1 is 1.36 bits per heavy atom. The van der Waals surface area contributed by atoms with Crippen molar-refractivity contribution in [3.05, 3.63) is 0 Å². The summed E-state index contributed by atoms with van der Waals surface area (Å²) in [7, 11) is 1.85. The average Bonchev–Trinajstić information content (AvgIpc) is 2.68. The number of tetrazole rings is 1. The Labute approximate surface area is 83.9 Å². The molecule has 5 heteroatoms. The van der Waals surface area contributed by atoms with Crippen molar-refractivity contribution < 1.29 is 0 Å². The van der Waals surface area contributed by atoms with E-state index in [-0.39, 0.29) is 0 Å². The molecule has 0 saturated heterocycles. The molecule has 0 aliphatic heterocycles. The van der Waals surface area contributed by atoms with Crippen molar-refractivity contribution >= 4 is 5.95 Å². The molecule has 1 aliphatic rings. The van der Waals surface area contributed by atoms with E-state index in [0.29, 0.717) is 12.0 Å². The van der Waals surface area contributed by atoms with E-state index < -0.39 is 0 Å². The number of hydrogen-bond acceptors (Lipinski definition) is 4. The largest absolute Gasteiger partial charge is 0.350 e. The average molecular weight is 195 g/mol. The van der Waals surface area contributed by atoms with Crippen LogP contribution in [0.15, 0.2) is 0 Å². The molecule has 0 radical (unpaired) electrons. The monoisotopic (exact) mass is 195 g/mol. The van der Waals surface area contributed by atoms with E-state index in [4.69, 9.17) is 0 Å². The van der Waals surface area contributed by atoms with Crippen LogP contribution in [0.4, 0.5) is 5.95 Å². The molecule has 3 unspecified atom stereocenters. The molecule has 0 aromatic carbocycles. The van der Waals surface area contributed by atoms with Gasteiger partial charge in [-0.3, -0.25) is 0 Å². The first kappa shape index (κ1) is 9.43. The van der Waals surface area contributed by atoms with Gasteiger partial charge in [0.15, 0.2) is 0 Å². The Morgan fingerprint density at radius 3 is 2.64 bits per heavy atom. The van der Waals surface area contributed by atoms with Crippen LogP contribution in [0.25, 0.3) is 0 Å². The van der Waals surface area contributed by atoms with Crippen LogP contribution in [-0.4, -0.2) is 26.2 Å². The third-order valence-electron chi connectivity index (χ3n) is 3.40. The summed E-state index contributed by atoms with van der Waals surface area (Å²) in [4.78, 5) is 0. The van der Waals surface area contributed by atoms with Crippen molar-refractivity contribution in [2.24, 2.45) is 18.9 Å². The minimum absolute atomic E-state index is 0.523. The van der Waals surface area contributed by atoms with Crippen LogP contribution in [-0.2, 0) is 7.05 Å². The maximum atomic E-state index is 3.93. The molecule has 2 rings (SSSR count). The number of nitrogens with one attached hydrogen (secondary N) is 1. The lowest BCUT2D eigenvalue weighted by Gasteiger charge is -2.19. The van der Waals surface area contributed by atoms with Crippen LogP contribution < -0.4 is 5.32 Å². The van der Waals surface area contributed by atoms with Gasteiger partial charge in [-0.1, -0.05) is 18.9 Å². The lowest BCUT2D eigenvalue weighted by atomic mass is 9.98.